The molecule has 3 aromatic heterocycles. The second-order valence-electron chi connectivity index (χ2n) is 23.5. The maximum atomic E-state index is 12.7. The summed E-state index contributed by atoms with van der Waals surface area (Å²) in [5.41, 5.74) is 7.88. The van der Waals surface area contributed by atoms with Crippen molar-refractivity contribution in [1.82, 2.24) is 39.9 Å². The molecule has 20 nitrogen and oxygen atoms in total. The molecule has 0 radical (unpaired) electrons. The molecule has 462 valence electrons. The molecule has 8 aliphatic heterocycles. The van der Waals surface area contributed by atoms with Crippen LogP contribution in [0.15, 0.2) is 54.7 Å². The van der Waals surface area contributed by atoms with Crippen molar-refractivity contribution in [2.24, 2.45) is 0 Å². The first-order chi connectivity index (χ1) is 43.2. The van der Waals surface area contributed by atoms with Crippen molar-refractivity contribution in [3.05, 3.63) is 98.2 Å². The third kappa shape index (κ3) is 9.54. The van der Waals surface area contributed by atoms with Crippen LogP contribution >= 0.6 is 0 Å². The first-order valence-electron chi connectivity index (χ1n) is 31.8. The zero-order valence-electron chi connectivity index (χ0n) is 50.7. The van der Waals surface area contributed by atoms with Crippen LogP contribution in [0.1, 0.15) is 189 Å². The Bertz CT molecular complexity index is 4310. The van der Waals surface area contributed by atoms with Gasteiger partial charge in [0.1, 0.15) is 71.1 Å². The summed E-state index contributed by atoms with van der Waals surface area (Å²) < 4.78 is 62.4. The summed E-state index contributed by atoms with van der Waals surface area (Å²) in [6.45, 7) is 15.1. The standard InChI is InChI=1S/C68H69N9O11.Ni/c1-7-13-27-80-55-43-37-21-23-39(86-37)45(43)57(82-29-15-9-3)51-49(55)63-70-61-35-20-19-34(77(78)79)33-36(35)62(69-61)71-64-50-52(58(83-30-16-10-4)46-40-24-22-38(87-40)44(46)56(50)81-28-14-8-2)66(73-64)75-68-54-53(67(76-68)74-65(51)72-63)59(84-31-17-11-5)47-41-25-26-42(88-41)48(47)60(54)85-32-18-12-6;/h19-26,33,37-42H,7-18,27-32H2,1-6H3;/q-2;+2/t37-,38+,39+,40-,41-,42+;/m0./s1. The van der Waals surface area contributed by atoms with Crippen molar-refractivity contribution in [3.8, 4) is 80.0 Å². The van der Waals surface area contributed by atoms with Gasteiger partial charge >= 0.3 is 16.5 Å². The number of hydrogen-bond donors (Lipinski definition) is 0. The molecule has 4 aromatic carbocycles. The largest absolute Gasteiger partial charge is 2.00 e. The van der Waals surface area contributed by atoms with Crippen LogP contribution in [0, 0.1) is 10.1 Å². The second kappa shape index (κ2) is 24.1. The van der Waals surface area contributed by atoms with Gasteiger partial charge in [-0.15, -0.1) is 0 Å². The third-order valence-electron chi connectivity index (χ3n) is 17.6. The smallest absolute Gasteiger partial charge is 0.492 e. The van der Waals surface area contributed by atoms with Gasteiger partial charge in [0.05, 0.1) is 90.1 Å². The van der Waals surface area contributed by atoms with Crippen molar-refractivity contribution in [3.63, 3.8) is 0 Å². The summed E-state index contributed by atoms with van der Waals surface area (Å²) in [4.78, 5) is 56.2. The molecule has 15 rings (SSSR count). The Morgan fingerprint density at radius 1 is 0.404 bits per heavy atom. The normalized spacial score (nSPS) is 19.4. The molecular weight excluding hydrogens is 1180 g/mol. The monoisotopic (exact) mass is 1250 g/mol. The van der Waals surface area contributed by atoms with Gasteiger partial charge < -0.3 is 72.5 Å². The van der Waals surface area contributed by atoms with Crippen molar-refractivity contribution in [2.75, 3.05) is 39.6 Å². The zero-order chi connectivity index (χ0) is 59.9. The average molecular weight is 1250 g/mol. The third-order valence-corrected chi connectivity index (χ3v) is 17.6. The minimum atomic E-state index is -0.443. The van der Waals surface area contributed by atoms with Crippen molar-refractivity contribution in [1.29, 1.82) is 0 Å². The van der Waals surface area contributed by atoms with Crippen LogP contribution in [0.4, 0.5) is 5.69 Å². The molecule has 0 spiro atoms. The number of fused-ring (bicyclic) bond motifs is 35. The number of aromatic nitrogens is 8. The van der Waals surface area contributed by atoms with Crippen LogP contribution in [-0.2, 0) is 30.7 Å². The average Bonchev–Trinajstić information content (AvgIpc) is 1.67. The number of rotatable bonds is 25. The van der Waals surface area contributed by atoms with E-state index in [4.69, 9.17) is 82.5 Å². The van der Waals surface area contributed by atoms with E-state index in [1.807, 2.05) is 6.08 Å². The fourth-order valence-electron chi connectivity index (χ4n) is 13.3. The zero-order valence-corrected chi connectivity index (χ0v) is 51.7. The number of nitro groups is 1. The molecule has 0 fully saturated rings. The maximum Gasteiger partial charge on any atom is 2.00 e. The number of unbranched alkanes of at least 4 members (excludes halogenated alkanes) is 6. The molecule has 0 unspecified atom stereocenters. The fourth-order valence-corrected chi connectivity index (χ4v) is 13.3. The van der Waals surface area contributed by atoms with Crippen molar-refractivity contribution < 1.29 is 64.0 Å². The summed E-state index contributed by atoms with van der Waals surface area (Å²) in [6, 6.07) is 4.59. The Morgan fingerprint density at radius 3 is 1.00 bits per heavy atom. The van der Waals surface area contributed by atoms with E-state index in [0.717, 1.165) is 110 Å². The van der Waals surface area contributed by atoms with Gasteiger partial charge in [-0.1, -0.05) is 117 Å². The minimum absolute atomic E-state index is 0. The molecular formula is C68H69N9NiO11. The van der Waals surface area contributed by atoms with E-state index in [9.17, 15) is 10.1 Å². The van der Waals surface area contributed by atoms with E-state index < -0.39 is 41.5 Å². The molecule has 0 aliphatic carbocycles. The van der Waals surface area contributed by atoms with E-state index in [2.05, 4.69) is 71.9 Å². The quantitative estimate of drug-likeness (QED) is 0.0170. The van der Waals surface area contributed by atoms with E-state index in [-0.39, 0.29) is 68.1 Å². The number of ether oxygens (including phenoxy) is 9. The number of benzene rings is 4. The van der Waals surface area contributed by atoms with E-state index in [1.54, 1.807) is 6.07 Å². The minimum Gasteiger partial charge on any atom is -0.492 e. The van der Waals surface area contributed by atoms with Crippen LogP contribution in [-0.4, -0.2) is 74.5 Å². The number of non-ortho nitro benzene ring substituents is 1. The van der Waals surface area contributed by atoms with Crippen molar-refractivity contribution >= 4 is 49.8 Å². The van der Waals surface area contributed by atoms with Gasteiger partial charge in [0.15, 0.2) is 0 Å². The van der Waals surface area contributed by atoms with Gasteiger partial charge in [-0.25, -0.2) is 9.97 Å². The molecule has 14 bridgehead atoms. The van der Waals surface area contributed by atoms with Crippen LogP contribution in [0.2, 0.25) is 0 Å². The van der Waals surface area contributed by atoms with Gasteiger partial charge in [-0.3, -0.25) is 10.1 Å². The number of nitro benzene ring substituents is 1. The van der Waals surface area contributed by atoms with Gasteiger partial charge in [-0.2, -0.15) is 0 Å². The molecule has 0 saturated heterocycles. The Balaban J connectivity index is 0.00000694. The summed E-state index contributed by atoms with van der Waals surface area (Å²) in [5.74, 6) is 4.22. The van der Waals surface area contributed by atoms with Crippen LogP contribution in [0.5, 0.6) is 34.5 Å². The topological polar surface area (TPSA) is 232 Å². The van der Waals surface area contributed by atoms with E-state index in [0.29, 0.717) is 118 Å². The molecule has 6 atom stereocenters. The Hall–Kier alpha value is -7.97. The molecule has 0 amide bonds. The van der Waals surface area contributed by atoms with E-state index in [1.165, 1.54) is 12.1 Å². The van der Waals surface area contributed by atoms with Crippen LogP contribution < -0.4 is 38.4 Å². The van der Waals surface area contributed by atoms with Gasteiger partial charge in [0.2, 0.25) is 0 Å². The van der Waals surface area contributed by atoms with Gasteiger partial charge in [0, 0.05) is 84.3 Å². The predicted molar refractivity (Wildman–Crippen MR) is 330 cm³/mol. The molecule has 21 heteroatoms. The Kier molecular flexibility index (Phi) is 15.9. The summed E-state index contributed by atoms with van der Waals surface area (Å²) in [5, 5.41) is 14.7. The first-order valence-corrected chi connectivity index (χ1v) is 31.8. The Morgan fingerprint density at radius 2 is 0.685 bits per heavy atom. The molecule has 0 saturated carbocycles. The molecule has 89 heavy (non-hydrogen) atoms. The van der Waals surface area contributed by atoms with Crippen LogP contribution in [0.25, 0.3) is 89.7 Å². The molecule has 8 aliphatic rings. The summed E-state index contributed by atoms with van der Waals surface area (Å²) in [6.07, 6.45) is 19.7. The molecule has 7 aromatic rings. The second-order valence-corrected chi connectivity index (χ2v) is 23.5. The Labute approximate surface area is 524 Å². The molecule has 0 N–H and O–H groups in total. The number of nitrogens with zero attached hydrogens (tertiary/aromatic N) is 9. The predicted octanol–water partition coefficient (Wildman–Crippen LogP) is 15.2. The summed E-state index contributed by atoms with van der Waals surface area (Å²) >= 11 is 0. The number of hydrogen-bond acceptors (Lipinski definition) is 17. The van der Waals surface area contributed by atoms with Gasteiger partial charge in [0.25, 0.3) is 5.69 Å². The maximum absolute atomic E-state index is 12.7. The van der Waals surface area contributed by atoms with E-state index >= 15 is 0 Å². The fraction of sp³-hybridized carbons (Fsp3) is 0.441. The van der Waals surface area contributed by atoms with Gasteiger partial charge in [-0.05, 0) is 50.0 Å². The SMILES string of the molecule is CCCCOc1c2c(c(OCCCC)c3c1[C@@H]1C=C[C@H]3O1)-c1nc-2nc2[n-]c(nc3nc(nc4[n-]c(n1)c1cc([N+](=O)[O-])ccc41)-c1c(OCCCC)c4c(c(OCCCC)c1-3)[C@H]1C=C[C@@H]4O1)c1c(OCCCC)c3c(c(OCCCC)c21)[C@H]1C=C[C@@H]3O1.[Ni+2]. The van der Waals surface area contributed by atoms with Crippen LogP contribution in [0.3, 0.4) is 0 Å². The van der Waals surface area contributed by atoms with Crippen molar-refractivity contribution in [2.45, 2.75) is 155 Å². The first kappa shape index (κ1) is 58.7. The summed E-state index contributed by atoms with van der Waals surface area (Å²) in [7, 11) is 0. The molecule has 11 heterocycles.